The van der Waals surface area contributed by atoms with Gasteiger partial charge in [0, 0.05) is 56.7 Å². The zero-order valence-electron chi connectivity index (χ0n) is 25.7. The number of hydrogen-bond acceptors (Lipinski definition) is 10. The van der Waals surface area contributed by atoms with E-state index in [-0.39, 0.29) is 53.8 Å². The van der Waals surface area contributed by atoms with Crippen LogP contribution in [0, 0.1) is 17.0 Å². The molecule has 0 spiro atoms. The van der Waals surface area contributed by atoms with Crippen LogP contribution in [0.4, 0.5) is 14.5 Å². The van der Waals surface area contributed by atoms with E-state index in [2.05, 4.69) is 9.97 Å². The number of esters is 1. The third-order valence-electron chi connectivity index (χ3n) is 7.72. The highest BCUT2D eigenvalue weighted by atomic mass is 19.1. The van der Waals surface area contributed by atoms with Gasteiger partial charge in [-0.05, 0) is 50.1 Å². The number of likely N-dealkylation sites (tertiary alicyclic amines) is 1. The number of ether oxygens (including phenoxy) is 3. The Morgan fingerprint density at radius 3 is 2.50 bits per heavy atom. The third-order valence-corrected chi connectivity index (χ3v) is 7.72. The van der Waals surface area contributed by atoms with Crippen LogP contribution < -0.4 is 20.1 Å². The maximum Gasteiger partial charge on any atom is 0.320 e. The molecule has 0 bridgehead atoms. The van der Waals surface area contributed by atoms with Crippen LogP contribution in [-0.2, 0) is 16.6 Å². The van der Waals surface area contributed by atoms with Gasteiger partial charge in [-0.1, -0.05) is 12.1 Å². The predicted octanol–water partition coefficient (Wildman–Crippen LogP) is 4.80. The van der Waals surface area contributed by atoms with E-state index in [1.165, 1.54) is 23.1 Å². The average Bonchev–Trinajstić information content (AvgIpc) is 3.46. The van der Waals surface area contributed by atoms with Crippen molar-refractivity contribution in [2.75, 3.05) is 38.2 Å². The van der Waals surface area contributed by atoms with Crippen molar-refractivity contribution < 1.29 is 32.9 Å². The Labute approximate surface area is 264 Å². The number of carbonyl (C=O) groups excluding carboxylic acids is 1. The predicted molar refractivity (Wildman–Crippen MR) is 167 cm³/mol. The van der Waals surface area contributed by atoms with Gasteiger partial charge in [0.1, 0.15) is 23.1 Å². The SMILES string of the molecule is CCOC(=O)CN1CCC(N(C)c2c(F)c(Oc3cccc(-c4nccn4C)c3)nc(Oc3cc(C(=N)N)ccc3O)c2F)CC1. The van der Waals surface area contributed by atoms with Gasteiger partial charge in [0.05, 0.1) is 13.2 Å². The number of nitrogens with two attached hydrogens (primary N) is 1. The topological polar surface area (TPSA) is 152 Å². The number of phenolic OH excluding ortho intramolecular Hbond substituents is 1. The number of hydrogen-bond donors (Lipinski definition) is 3. The average molecular weight is 636 g/mol. The number of nitrogen functional groups attached to an aromatic ring is 1. The van der Waals surface area contributed by atoms with Crippen molar-refractivity contribution in [3.8, 4) is 40.4 Å². The largest absolute Gasteiger partial charge is 0.504 e. The van der Waals surface area contributed by atoms with Crippen molar-refractivity contribution in [3.63, 3.8) is 0 Å². The fraction of sp³-hybridized carbons (Fsp3) is 0.312. The number of benzene rings is 2. The van der Waals surface area contributed by atoms with Gasteiger partial charge < -0.3 is 34.5 Å². The molecule has 0 unspecified atom stereocenters. The molecule has 4 N–H and O–H groups in total. The monoisotopic (exact) mass is 635 g/mol. The molecule has 0 aliphatic carbocycles. The number of anilines is 1. The van der Waals surface area contributed by atoms with Gasteiger partial charge in [-0.25, -0.2) is 4.98 Å². The smallest absolute Gasteiger partial charge is 0.320 e. The van der Waals surface area contributed by atoms with Gasteiger partial charge in [-0.3, -0.25) is 15.1 Å². The number of aromatic hydroxyl groups is 1. The summed E-state index contributed by atoms with van der Waals surface area (Å²) >= 11 is 0. The molecule has 1 saturated heterocycles. The second-order valence-corrected chi connectivity index (χ2v) is 10.8. The molecule has 5 rings (SSSR count). The van der Waals surface area contributed by atoms with Gasteiger partial charge in [0.25, 0.3) is 11.8 Å². The van der Waals surface area contributed by atoms with E-state index >= 15 is 8.78 Å². The summed E-state index contributed by atoms with van der Waals surface area (Å²) in [6.07, 6.45) is 4.45. The maximum absolute atomic E-state index is 16.3. The number of carbonyl (C=O) groups is 1. The fourth-order valence-corrected chi connectivity index (χ4v) is 5.29. The van der Waals surface area contributed by atoms with E-state index in [0.717, 1.165) is 0 Å². The summed E-state index contributed by atoms with van der Waals surface area (Å²) in [4.78, 5) is 23.7. The molecule has 2 aromatic heterocycles. The quantitative estimate of drug-likeness (QED) is 0.119. The van der Waals surface area contributed by atoms with Crippen molar-refractivity contribution in [2.24, 2.45) is 12.8 Å². The Bertz CT molecular complexity index is 1740. The first-order chi connectivity index (χ1) is 22.0. The number of phenols is 1. The van der Waals surface area contributed by atoms with Crippen molar-refractivity contribution in [2.45, 2.75) is 25.8 Å². The minimum Gasteiger partial charge on any atom is -0.504 e. The highest BCUT2D eigenvalue weighted by Crippen LogP contribution is 2.41. The minimum absolute atomic E-state index is 0.137. The number of rotatable bonds is 11. The Balaban J connectivity index is 1.50. The lowest BCUT2D eigenvalue weighted by Gasteiger charge is -2.37. The van der Waals surface area contributed by atoms with E-state index in [9.17, 15) is 9.90 Å². The zero-order chi connectivity index (χ0) is 33.0. The molecular weight excluding hydrogens is 600 g/mol. The molecule has 3 heterocycles. The molecule has 1 aliphatic rings. The molecular formula is C32H35F2N7O5. The third kappa shape index (κ3) is 7.01. The summed E-state index contributed by atoms with van der Waals surface area (Å²) in [6, 6.07) is 10.4. The lowest BCUT2D eigenvalue weighted by molar-refractivity contribution is -0.144. The molecule has 4 aromatic rings. The fourth-order valence-electron chi connectivity index (χ4n) is 5.29. The van der Waals surface area contributed by atoms with Crippen LogP contribution in [0.25, 0.3) is 11.4 Å². The number of aromatic nitrogens is 3. The van der Waals surface area contributed by atoms with Crippen LogP contribution in [0.1, 0.15) is 25.3 Å². The molecule has 0 amide bonds. The first-order valence-corrected chi connectivity index (χ1v) is 14.7. The minimum atomic E-state index is -1.12. The first kappa shape index (κ1) is 32.2. The second-order valence-electron chi connectivity index (χ2n) is 10.8. The Hall–Kier alpha value is -5.24. The molecule has 0 atom stereocenters. The van der Waals surface area contributed by atoms with Crippen LogP contribution in [-0.4, -0.2) is 75.7 Å². The van der Waals surface area contributed by atoms with Crippen LogP contribution in [0.5, 0.6) is 29.0 Å². The van der Waals surface area contributed by atoms with Gasteiger partial charge in [0.2, 0.25) is 11.6 Å². The maximum atomic E-state index is 16.3. The molecule has 14 heteroatoms. The van der Waals surface area contributed by atoms with Gasteiger partial charge in [-0.2, -0.15) is 13.8 Å². The highest BCUT2D eigenvalue weighted by molar-refractivity contribution is 5.95. The Morgan fingerprint density at radius 1 is 1.13 bits per heavy atom. The summed E-state index contributed by atoms with van der Waals surface area (Å²) in [7, 11) is 3.40. The van der Waals surface area contributed by atoms with E-state index in [1.807, 2.05) is 22.6 Å². The summed E-state index contributed by atoms with van der Waals surface area (Å²) in [6.45, 7) is 3.20. The molecule has 0 radical (unpaired) electrons. The molecule has 242 valence electrons. The summed E-state index contributed by atoms with van der Waals surface area (Å²) in [5, 5.41) is 18.1. The van der Waals surface area contributed by atoms with E-state index < -0.39 is 29.1 Å². The molecule has 1 fully saturated rings. The van der Waals surface area contributed by atoms with Crippen LogP contribution >= 0.6 is 0 Å². The molecule has 1 aliphatic heterocycles. The van der Waals surface area contributed by atoms with E-state index in [0.29, 0.717) is 37.3 Å². The van der Waals surface area contributed by atoms with Crippen molar-refractivity contribution >= 4 is 17.5 Å². The second kappa shape index (κ2) is 13.8. The lowest BCUT2D eigenvalue weighted by Crippen LogP contribution is -2.45. The lowest BCUT2D eigenvalue weighted by atomic mass is 10.0. The number of aryl methyl sites for hydroxylation is 1. The number of piperidine rings is 1. The number of pyridine rings is 1. The molecule has 0 saturated carbocycles. The van der Waals surface area contributed by atoms with Gasteiger partial charge in [-0.15, -0.1) is 0 Å². The number of nitrogens with one attached hydrogen (secondary N) is 1. The number of amidine groups is 1. The normalized spacial score (nSPS) is 13.8. The molecule has 2 aromatic carbocycles. The standard InChI is InChI=1S/C32H35F2N7O5/c1-4-44-25(43)18-41-13-10-21(11-14-41)40(3)28-26(33)31(45-22-7-5-6-20(16-22)30-37-12-15-39(30)2)38-32(27(28)34)46-24-17-19(29(35)36)8-9-23(24)42/h5-9,12,15-17,21,42H,4,10-11,13-14,18H2,1-3H3,(H3,35,36). The summed E-state index contributed by atoms with van der Waals surface area (Å²) < 4.78 is 50.9. The first-order valence-electron chi connectivity index (χ1n) is 14.7. The summed E-state index contributed by atoms with van der Waals surface area (Å²) in [5.74, 6) is -3.76. The highest BCUT2D eigenvalue weighted by Gasteiger charge is 2.32. The van der Waals surface area contributed by atoms with Crippen molar-refractivity contribution in [3.05, 3.63) is 72.1 Å². The van der Waals surface area contributed by atoms with E-state index in [4.69, 9.17) is 25.4 Å². The Morgan fingerprint density at radius 2 is 1.85 bits per heavy atom. The van der Waals surface area contributed by atoms with Crippen LogP contribution in [0.15, 0.2) is 54.9 Å². The Kier molecular flexibility index (Phi) is 9.66. The van der Waals surface area contributed by atoms with Gasteiger partial charge in [0.15, 0.2) is 11.5 Å². The number of nitrogens with zero attached hydrogens (tertiary/aromatic N) is 5. The van der Waals surface area contributed by atoms with E-state index in [1.54, 1.807) is 44.6 Å². The van der Waals surface area contributed by atoms with Gasteiger partial charge >= 0.3 is 5.97 Å². The van der Waals surface area contributed by atoms with Crippen molar-refractivity contribution in [1.82, 2.24) is 19.4 Å². The molecule has 12 nitrogen and oxygen atoms in total. The zero-order valence-corrected chi connectivity index (χ0v) is 25.7. The van der Waals surface area contributed by atoms with Crippen LogP contribution in [0.3, 0.4) is 0 Å². The number of halogens is 2. The van der Waals surface area contributed by atoms with Crippen LogP contribution in [0.2, 0.25) is 0 Å². The number of imidazole rings is 1. The molecule has 46 heavy (non-hydrogen) atoms. The van der Waals surface area contributed by atoms with Crippen molar-refractivity contribution in [1.29, 1.82) is 5.41 Å². The summed E-state index contributed by atoms with van der Waals surface area (Å²) in [5.41, 5.74) is 6.06.